The molecule has 2 atom stereocenters. The zero-order valence-corrected chi connectivity index (χ0v) is 44.3. The molecule has 0 aromatic rings. The Bertz CT molecular complexity index is 1010. The number of amides is 1. The first kappa shape index (κ1) is 62.4. The second-order valence-electron chi connectivity index (χ2n) is 20.1. The lowest BCUT2D eigenvalue weighted by molar-refractivity contribution is -0.151. The fraction of sp³-hybridized carbons (Fsp3) is 0.947. The summed E-state index contributed by atoms with van der Waals surface area (Å²) in [6.45, 7) is 13.1. The van der Waals surface area contributed by atoms with E-state index in [2.05, 4.69) is 58.5 Å². The lowest BCUT2D eigenvalue weighted by Crippen LogP contribution is -2.41. The molecule has 0 spiro atoms. The summed E-state index contributed by atoms with van der Waals surface area (Å²) in [4.78, 5) is 44.0. The molecule has 2 unspecified atom stereocenters. The summed E-state index contributed by atoms with van der Waals surface area (Å²) in [5.74, 6) is 0.392. The Morgan fingerprint density at radius 2 is 0.641 bits per heavy atom. The number of hydrogen-bond donors (Lipinski definition) is 0. The van der Waals surface area contributed by atoms with Gasteiger partial charge in [0.25, 0.3) is 0 Å². The van der Waals surface area contributed by atoms with Crippen LogP contribution in [0.25, 0.3) is 0 Å². The smallest absolute Gasteiger partial charge is 0.306 e. The van der Waals surface area contributed by atoms with Crippen LogP contribution in [0.4, 0.5) is 0 Å². The van der Waals surface area contributed by atoms with Crippen molar-refractivity contribution < 1.29 is 23.9 Å². The first-order valence-electron chi connectivity index (χ1n) is 28.5. The molecule has 0 heterocycles. The zero-order valence-electron chi connectivity index (χ0n) is 44.3. The molecule has 0 fully saturated rings. The van der Waals surface area contributed by atoms with Crippen molar-refractivity contribution in [1.82, 2.24) is 9.80 Å². The molecule has 0 aliphatic heterocycles. The van der Waals surface area contributed by atoms with Gasteiger partial charge in [-0.3, -0.25) is 14.4 Å². The molecule has 0 aliphatic rings. The monoisotopic (exact) mass is 905 g/mol. The maximum atomic E-state index is 13.9. The molecular weight excluding hydrogens is 793 g/mol. The van der Waals surface area contributed by atoms with Gasteiger partial charge >= 0.3 is 11.9 Å². The molecule has 0 saturated carbocycles. The number of esters is 2. The molecule has 7 nitrogen and oxygen atoms in total. The zero-order chi connectivity index (χ0) is 47.1. The lowest BCUT2D eigenvalue weighted by Gasteiger charge is -2.33. The lowest BCUT2D eigenvalue weighted by atomic mass is 9.97. The van der Waals surface area contributed by atoms with E-state index in [0.29, 0.717) is 31.2 Å². The van der Waals surface area contributed by atoms with Gasteiger partial charge in [0, 0.05) is 31.8 Å². The summed E-state index contributed by atoms with van der Waals surface area (Å²) in [5, 5.41) is 0. The molecule has 0 aromatic carbocycles. The minimum atomic E-state index is 0.00854. The van der Waals surface area contributed by atoms with Crippen molar-refractivity contribution >= 4 is 17.8 Å². The van der Waals surface area contributed by atoms with E-state index < -0.39 is 0 Å². The van der Waals surface area contributed by atoms with E-state index in [4.69, 9.17) is 9.47 Å². The number of carbonyl (C=O) groups excluding carboxylic acids is 3. The fourth-order valence-corrected chi connectivity index (χ4v) is 9.29. The molecular formula is C57H112N2O5. The Balaban J connectivity index is 5.03. The predicted octanol–water partition coefficient (Wildman–Crippen LogP) is 17.1. The SMILES string of the molecule is CCCCCCCC(=O)N(CCCN(C)C)C(CCCCCCCCC(=O)OC(CCCCC)CCCCCC)CCCCCCCCC(=O)OC(CCCCCC)CCCCCC. The van der Waals surface area contributed by atoms with Gasteiger partial charge in [-0.25, -0.2) is 0 Å². The van der Waals surface area contributed by atoms with Crippen molar-refractivity contribution in [1.29, 1.82) is 0 Å². The summed E-state index contributed by atoms with van der Waals surface area (Å²) in [6.07, 6.45) is 46.9. The highest BCUT2D eigenvalue weighted by Gasteiger charge is 2.23. The van der Waals surface area contributed by atoms with Crippen molar-refractivity contribution in [3.63, 3.8) is 0 Å². The van der Waals surface area contributed by atoms with Gasteiger partial charge in [-0.15, -0.1) is 0 Å². The van der Waals surface area contributed by atoms with Crippen LogP contribution in [0.1, 0.15) is 304 Å². The molecule has 0 aliphatic carbocycles. The van der Waals surface area contributed by atoms with Gasteiger partial charge in [-0.2, -0.15) is 0 Å². The van der Waals surface area contributed by atoms with Gasteiger partial charge in [0.2, 0.25) is 5.91 Å². The number of nitrogens with zero attached hydrogens (tertiary/aromatic N) is 2. The van der Waals surface area contributed by atoms with Crippen LogP contribution in [0.5, 0.6) is 0 Å². The summed E-state index contributed by atoms with van der Waals surface area (Å²) in [7, 11) is 4.26. The number of unbranched alkanes of at least 4 members (excludes halogenated alkanes) is 25. The van der Waals surface area contributed by atoms with Crippen molar-refractivity contribution in [2.24, 2.45) is 0 Å². The number of rotatable bonds is 50. The summed E-state index contributed by atoms with van der Waals surface area (Å²) in [6, 6.07) is 0.319. The average molecular weight is 906 g/mol. The number of ether oxygens (including phenoxy) is 2. The quantitative estimate of drug-likeness (QED) is 0.0447. The molecule has 380 valence electrons. The number of hydrogen-bond acceptors (Lipinski definition) is 6. The van der Waals surface area contributed by atoms with Gasteiger partial charge in [0.1, 0.15) is 12.2 Å². The predicted molar refractivity (Wildman–Crippen MR) is 276 cm³/mol. The van der Waals surface area contributed by atoms with Crippen LogP contribution in [-0.4, -0.2) is 73.1 Å². The standard InChI is InChI=1S/C57H112N2O5/c1-8-13-18-26-37-47-55(60)59(51-40-50-58(6)7)52(41-32-27-22-24-29-38-48-56(61)63-53(43-31-17-12-5)44-34-19-14-9-2)42-33-28-23-25-30-39-49-57(62)64-54(45-35-20-15-10-3)46-36-21-16-11-4/h52-54H,8-51H2,1-7H3. The van der Waals surface area contributed by atoms with E-state index in [1.807, 2.05) is 0 Å². The van der Waals surface area contributed by atoms with E-state index in [0.717, 1.165) is 129 Å². The molecule has 0 bridgehead atoms. The molecule has 0 saturated heterocycles. The second-order valence-corrected chi connectivity index (χ2v) is 20.1. The third-order valence-electron chi connectivity index (χ3n) is 13.5. The third kappa shape index (κ3) is 40.6. The summed E-state index contributed by atoms with van der Waals surface area (Å²) < 4.78 is 12.0. The Kier molecular flexibility index (Phi) is 46.6. The highest BCUT2D eigenvalue weighted by Crippen LogP contribution is 2.23. The highest BCUT2D eigenvalue weighted by molar-refractivity contribution is 5.76. The van der Waals surface area contributed by atoms with Crippen molar-refractivity contribution in [3.8, 4) is 0 Å². The first-order valence-corrected chi connectivity index (χ1v) is 28.5. The van der Waals surface area contributed by atoms with Gasteiger partial charge < -0.3 is 19.3 Å². The van der Waals surface area contributed by atoms with Gasteiger partial charge in [0.05, 0.1) is 0 Å². The van der Waals surface area contributed by atoms with E-state index in [1.54, 1.807) is 0 Å². The van der Waals surface area contributed by atoms with Crippen LogP contribution in [0, 0.1) is 0 Å². The maximum Gasteiger partial charge on any atom is 0.306 e. The van der Waals surface area contributed by atoms with Gasteiger partial charge in [0.15, 0.2) is 0 Å². The summed E-state index contributed by atoms with van der Waals surface area (Å²) in [5.41, 5.74) is 0. The van der Waals surface area contributed by atoms with E-state index >= 15 is 0 Å². The van der Waals surface area contributed by atoms with Crippen LogP contribution in [0.3, 0.4) is 0 Å². The van der Waals surface area contributed by atoms with Crippen LogP contribution >= 0.6 is 0 Å². The topological polar surface area (TPSA) is 76.2 Å². The second kappa shape index (κ2) is 47.8. The van der Waals surface area contributed by atoms with Gasteiger partial charge in [-0.05, 0) is 111 Å². The molecule has 1 amide bonds. The average Bonchev–Trinajstić information content (AvgIpc) is 3.27. The molecule has 0 N–H and O–H groups in total. The van der Waals surface area contributed by atoms with E-state index in [1.165, 1.54) is 135 Å². The molecule has 0 radical (unpaired) electrons. The Labute approximate surface area is 399 Å². The normalized spacial score (nSPS) is 12.6. The van der Waals surface area contributed by atoms with Crippen molar-refractivity contribution in [2.45, 2.75) is 323 Å². The minimum Gasteiger partial charge on any atom is -0.462 e. The highest BCUT2D eigenvalue weighted by atomic mass is 16.5. The van der Waals surface area contributed by atoms with Gasteiger partial charge in [-0.1, -0.05) is 195 Å². The van der Waals surface area contributed by atoms with Crippen molar-refractivity contribution in [3.05, 3.63) is 0 Å². The third-order valence-corrected chi connectivity index (χ3v) is 13.5. The molecule has 7 heteroatoms. The molecule has 0 aromatic heterocycles. The Morgan fingerprint density at radius 3 is 1.03 bits per heavy atom. The minimum absolute atomic E-state index is 0.00854. The van der Waals surface area contributed by atoms with E-state index in [9.17, 15) is 14.4 Å². The van der Waals surface area contributed by atoms with Crippen LogP contribution in [-0.2, 0) is 23.9 Å². The largest absolute Gasteiger partial charge is 0.462 e. The van der Waals surface area contributed by atoms with Crippen LogP contribution in [0.15, 0.2) is 0 Å². The van der Waals surface area contributed by atoms with Crippen molar-refractivity contribution in [2.75, 3.05) is 27.2 Å². The van der Waals surface area contributed by atoms with Crippen LogP contribution in [0.2, 0.25) is 0 Å². The number of carbonyl (C=O) groups is 3. The van der Waals surface area contributed by atoms with E-state index in [-0.39, 0.29) is 24.1 Å². The van der Waals surface area contributed by atoms with Crippen LogP contribution < -0.4 is 0 Å². The first-order chi connectivity index (χ1) is 31.2. The maximum absolute atomic E-state index is 13.9. The molecule has 0 rings (SSSR count). The molecule has 64 heavy (non-hydrogen) atoms. The Hall–Kier alpha value is -1.63. The summed E-state index contributed by atoms with van der Waals surface area (Å²) >= 11 is 0. The Morgan fingerprint density at radius 1 is 0.344 bits per heavy atom. The fourth-order valence-electron chi connectivity index (χ4n) is 9.29.